The molecule has 0 fully saturated rings. The Morgan fingerprint density at radius 2 is 1.60 bits per heavy atom. The summed E-state index contributed by atoms with van der Waals surface area (Å²) in [5.41, 5.74) is -0.404. The second-order valence-electron chi connectivity index (χ2n) is 6.77. The molecule has 0 atom stereocenters. The number of halogens is 1. The highest BCUT2D eigenvalue weighted by atomic mass is 35.5. The first-order valence-corrected chi connectivity index (χ1v) is 9.93. The van der Waals surface area contributed by atoms with E-state index in [-0.39, 0.29) is 39.0 Å². The van der Waals surface area contributed by atoms with E-state index in [0.29, 0.717) is 11.3 Å². The third kappa shape index (κ3) is 5.96. The zero-order valence-corrected chi connectivity index (χ0v) is 18.2. The van der Waals surface area contributed by atoms with Gasteiger partial charge in [-0.25, -0.2) is 0 Å². The summed E-state index contributed by atoms with van der Waals surface area (Å²) in [5, 5.41) is 42.8. The predicted octanol–water partition coefficient (Wildman–Crippen LogP) is 5.37. The maximum absolute atomic E-state index is 12.5. The number of nitro benzene ring substituents is 2. The zero-order chi connectivity index (χ0) is 25.5. The Hall–Kier alpha value is -5.26. The van der Waals surface area contributed by atoms with Crippen molar-refractivity contribution >= 4 is 40.6 Å². The number of amides is 1. The van der Waals surface area contributed by atoms with E-state index in [4.69, 9.17) is 16.3 Å². The Morgan fingerprint density at radius 1 is 0.971 bits per heavy atom. The van der Waals surface area contributed by atoms with E-state index in [2.05, 4.69) is 5.32 Å². The fraction of sp³-hybridized carbons (Fsp3) is 0. The third-order valence-corrected chi connectivity index (χ3v) is 4.82. The minimum absolute atomic E-state index is 0.0211. The van der Waals surface area contributed by atoms with Gasteiger partial charge in [0.1, 0.15) is 34.8 Å². The number of hydrogen-bond donors (Lipinski definition) is 1. The summed E-state index contributed by atoms with van der Waals surface area (Å²) in [6.45, 7) is 0. The van der Waals surface area contributed by atoms with Gasteiger partial charge in [-0.15, -0.1) is 0 Å². The van der Waals surface area contributed by atoms with Crippen LogP contribution in [0.3, 0.4) is 0 Å². The molecule has 0 aliphatic carbocycles. The Bertz CT molecular complexity index is 1450. The normalized spacial score (nSPS) is 10.5. The number of ether oxygens (including phenoxy) is 1. The minimum atomic E-state index is -0.820. The van der Waals surface area contributed by atoms with Crippen molar-refractivity contribution in [3.05, 3.63) is 103 Å². The minimum Gasteiger partial charge on any atom is -0.456 e. The van der Waals surface area contributed by atoms with Gasteiger partial charge in [0.05, 0.1) is 20.6 Å². The topological polar surface area (TPSA) is 172 Å². The number of benzene rings is 3. The molecule has 3 rings (SSSR count). The van der Waals surface area contributed by atoms with Gasteiger partial charge in [0.2, 0.25) is 0 Å². The van der Waals surface area contributed by atoms with Crippen LogP contribution in [0.25, 0.3) is 6.08 Å². The molecule has 1 N–H and O–H groups in total. The van der Waals surface area contributed by atoms with E-state index in [1.54, 1.807) is 6.07 Å². The van der Waals surface area contributed by atoms with E-state index in [9.17, 15) is 35.5 Å². The van der Waals surface area contributed by atoms with Crippen LogP contribution in [0.1, 0.15) is 11.1 Å². The molecule has 0 radical (unpaired) electrons. The molecule has 0 saturated carbocycles. The van der Waals surface area contributed by atoms with Crippen molar-refractivity contribution in [1.29, 1.82) is 10.5 Å². The molecule has 0 unspecified atom stereocenters. The Balaban J connectivity index is 1.78. The highest BCUT2D eigenvalue weighted by molar-refractivity contribution is 6.34. The van der Waals surface area contributed by atoms with Crippen LogP contribution in [-0.2, 0) is 4.79 Å². The molecule has 0 spiro atoms. The first kappa shape index (κ1) is 24.4. The molecule has 0 bridgehead atoms. The number of nitriles is 2. The van der Waals surface area contributed by atoms with Gasteiger partial charge in [0.25, 0.3) is 17.3 Å². The Labute approximate surface area is 202 Å². The molecule has 172 valence electrons. The average Bonchev–Trinajstić information content (AvgIpc) is 2.84. The fourth-order valence-electron chi connectivity index (χ4n) is 2.79. The highest BCUT2D eigenvalue weighted by Gasteiger charge is 2.16. The summed E-state index contributed by atoms with van der Waals surface area (Å²) in [5.74, 6) is -0.397. The van der Waals surface area contributed by atoms with E-state index in [1.165, 1.54) is 54.6 Å². The lowest BCUT2D eigenvalue weighted by Crippen LogP contribution is -2.14. The summed E-state index contributed by atoms with van der Waals surface area (Å²) >= 11 is 5.98. The number of carbonyl (C=O) groups excluding carboxylic acids is 1. The predicted molar refractivity (Wildman–Crippen MR) is 125 cm³/mol. The first-order chi connectivity index (χ1) is 16.7. The van der Waals surface area contributed by atoms with Crippen molar-refractivity contribution in [2.45, 2.75) is 0 Å². The summed E-state index contributed by atoms with van der Waals surface area (Å²) in [7, 11) is 0. The van der Waals surface area contributed by atoms with Crippen molar-refractivity contribution in [2.75, 3.05) is 5.32 Å². The number of anilines is 1. The molecule has 0 aromatic heterocycles. The Kier molecular flexibility index (Phi) is 7.36. The van der Waals surface area contributed by atoms with Gasteiger partial charge >= 0.3 is 0 Å². The van der Waals surface area contributed by atoms with Gasteiger partial charge in [0.15, 0.2) is 0 Å². The number of carbonyl (C=O) groups is 1. The van der Waals surface area contributed by atoms with Crippen LogP contribution in [0.2, 0.25) is 5.02 Å². The summed E-state index contributed by atoms with van der Waals surface area (Å²) < 4.78 is 5.61. The monoisotopic (exact) mass is 489 g/mol. The van der Waals surface area contributed by atoms with Crippen LogP contribution >= 0.6 is 11.6 Å². The second-order valence-corrected chi connectivity index (χ2v) is 7.17. The van der Waals surface area contributed by atoms with Gasteiger partial charge in [-0.1, -0.05) is 23.7 Å². The van der Waals surface area contributed by atoms with Crippen molar-refractivity contribution in [1.82, 2.24) is 0 Å². The molecule has 11 nitrogen and oxygen atoms in total. The van der Waals surface area contributed by atoms with Crippen LogP contribution in [-0.4, -0.2) is 15.8 Å². The lowest BCUT2D eigenvalue weighted by atomic mass is 10.1. The van der Waals surface area contributed by atoms with Crippen molar-refractivity contribution in [2.24, 2.45) is 0 Å². The van der Waals surface area contributed by atoms with E-state index >= 15 is 0 Å². The molecule has 3 aromatic rings. The standard InChI is InChI=1S/C23H12ClN5O6/c24-20-7-3-18(29(33)34)11-21(20)27-23(30)16(13-26)9-14-1-5-19(6-2-14)35-22-8-4-17(28(31)32)10-15(22)12-25/h1-11H,(H,27,30)/b16-9+. The molecular formula is C23H12ClN5O6. The van der Waals surface area contributed by atoms with Crippen molar-refractivity contribution < 1.29 is 19.4 Å². The van der Waals surface area contributed by atoms with Crippen LogP contribution < -0.4 is 10.1 Å². The quantitative estimate of drug-likeness (QED) is 0.199. The van der Waals surface area contributed by atoms with Gasteiger partial charge in [0, 0.05) is 24.3 Å². The number of non-ortho nitro benzene ring substituents is 2. The molecule has 0 heterocycles. The molecule has 3 aromatic carbocycles. The van der Waals surface area contributed by atoms with E-state index in [1.807, 2.05) is 6.07 Å². The summed E-state index contributed by atoms with van der Waals surface area (Å²) in [4.78, 5) is 33.0. The smallest absolute Gasteiger partial charge is 0.271 e. The largest absolute Gasteiger partial charge is 0.456 e. The van der Waals surface area contributed by atoms with Crippen molar-refractivity contribution in [3.63, 3.8) is 0 Å². The number of hydrogen-bond acceptors (Lipinski definition) is 8. The maximum Gasteiger partial charge on any atom is 0.271 e. The van der Waals surface area contributed by atoms with Gasteiger partial charge < -0.3 is 10.1 Å². The van der Waals surface area contributed by atoms with E-state index in [0.717, 1.165) is 12.1 Å². The van der Waals surface area contributed by atoms with E-state index < -0.39 is 15.8 Å². The lowest BCUT2D eigenvalue weighted by Gasteiger charge is -2.08. The Morgan fingerprint density at radius 3 is 2.20 bits per heavy atom. The average molecular weight is 490 g/mol. The molecule has 12 heteroatoms. The first-order valence-electron chi connectivity index (χ1n) is 9.55. The molecule has 0 saturated heterocycles. The number of nitro groups is 2. The molecular weight excluding hydrogens is 478 g/mol. The zero-order valence-electron chi connectivity index (χ0n) is 17.5. The fourth-order valence-corrected chi connectivity index (χ4v) is 2.96. The van der Waals surface area contributed by atoms with Crippen LogP contribution in [0.15, 0.2) is 66.2 Å². The summed E-state index contributed by atoms with van der Waals surface area (Å²) in [6, 6.07) is 16.8. The van der Waals surface area contributed by atoms with Gasteiger partial charge in [-0.3, -0.25) is 25.0 Å². The number of nitrogens with zero attached hydrogens (tertiary/aromatic N) is 4. The molecule has 35 heavy (non-hydrogen) atoms. The SMILES string of the molecule is N#C/C(=C\c1ccc(Oc2ccc([N+](=O)[O-])cc2C#N)cc1)C(=O)Nc1cc([N+](=O)[O-])ccc1Cl. The molecule has 0 aliphatic heterocycles. The summed E-state index contributed by atoms with van der Waals surface area (Å²) in [6.07, 6.45) is 1.29. The number of nitrogens with one attached hydrogen (secondary N) is 1. The van der Waals surface area contributed by atoms with Crippen molar-refractivity contribution in [3.8, 4) is 23.6 Å². The lowest BCUT2D eigenvalue weighted by molar-refractivity contribution is -0.385. The second kappa shape index (κ2) is 10.6. The number of rotatable bonds is 7. The molecule has 1 amide bonds. The highest BCUT2D eigenvalue weighted by Crippen LogP contribution is 2.29. The van der Waals surface area contributed by atoms with Crippen LogP contribution in [0, 0.1) is 42.9 Å². The maximum atomic E-state index is 12.5. The van der Waals surface area contributed by atoms with Gasteiger partial charge in [-0.05, 0) is 35.9 Å². The van der Waals surface area contributed by atoms with Crippen LogP contribution in [0.5, 0.6) is 11.5 Å². The van der Waals surface area contributed by atoms with Gasteiger partial charge in [-0.2, -0.15) is 10.5 Å². The van der Waals surface area contributed by atoms with Crippen LogP contribution in [0.4, 0.5) is 17.1 Å². The third-order valence-electron chi connectivity index (χ3n) is 4.49. The molecule has 0 aliphatic rings.